The predicted molar refractivity (Wildman–Crippen MR) is 61.6 cm³/mol. The van der Waals surface area contributed by atoms with Crippen LogP contribution in [0.2, 0.25) is 0 Å². The summed E-state index contributed by atoms with van der Waals surface area (Å²) < 4.78 is 20.8. The highest BCUT2D eigenvalue weighted by Crippen LogP contribution is 2.29. The van der Waals surface area contributed by atoms with Crippen molar-refractivity contribution in [1.29, 1.82) is 0 Å². The number of hydrogen-bond donors (Lipinski definition) is 0. The second-order valence-electron chi connectivity index (χ2n) is 4.47. The number of esters is 2. The van der Waals surface area contributed by atoms with E-state index in [1.807, 2.05) is 6.92 Å². The maximum atomic E-state index is 11.0. The van der Waals surface area contributed by atoms with E-state index < -0.39 is 24.3 Å². The Hall–Kier alpha value is -1.14. The van der Waals surface area contributed by atoms with Crippen LogP contribution in [-0.2, 0) is 28.5 Å². The second kappa shape index (κ2) is 6.70. The summed E-state index contributed by atoms with van der Waals surface area (Å²) in [5, 5.41) is 0. The molecule has 1 aliphatic rings. The molecule has 18 heavy (non-hydrogen) atoms. The van der Waals surface area contributed by atoms with Crippen molar-refractivity contribution in [2.45, 2.75) is 45.7 Å². The maximum Gasteiger partial charge on any atom is 0.305 e. The highest BCUT2D eigenvalue weighted by molar-refractivity contribution is 5.67. The minimum Gasteiger partial charge on any atom is -0.456 e. The normalized spacial score (nSPS) is 28.8. The Balaban J connectivity index is 2.62. The molecule has 0 aromatic carbocycles. The molecule has 0 saturated carbocycles. The third kappa shape index (κ3) is 4.27. The van der Waals surface area contributed by atoms with Gasteiger partial charge in [-0.1, -0.05) is 6.92 Å². The van der Waals surface area contributed by atoms with Crippen LogP contribution in [0.15, 0.2) is 0 Å². The first-order chi connectivity index (χ1) is 8.43. The molecule has 0 aliphatic carbocycles. The van der Waals surface area contributed by atoms with E-state index in [-0.39, 0.29) is 12.0 Å². The van der Waals surface area contributed by atoms with E-state index in [9.17, 15) is 9.59 Å². The van der Waals surface area contributed by atoms with Gasteiger partial charge in [0.05, 0.1) is 12.7 Å². The third-order valence-electron chi connectivity index (χ3n) is 2.74. The van der Waals surface area contributed by atoms with E-state index in [1.165, 1.54) is 13.8 Å². The highest BCUT2D eigenvalue weighted by atomic mass is 16.7. The van der Waals surface area contributed by atoms with Gasteiger partial charge >= 0.3 is 11.9 Å². The van der Waals surface area contributed by atoms with Crippen molar-refractivity contribution in [3.63, 3.8) is 0 Å². The Morgan fingerprint density at radius 3 is 2.39 bits per heavy atom. The van der Waals surface area contributed by atoms with Gasteiger partial charge in [0, 0.05) is 33.3 Å². The van der Waals surface area contributed by atoms with Crippen molar-refractivity contribution in [3.8, 4) is 0 Å². The van der Waals surface area contributed by atoms with Gasteiger partial charge in [-0.05, 0) is 0 Å². The van der Waals surface area contributed by atoms with Crippen molar-refractivity contribution < 1.29 is 28.5 Å². The maximum absolute atomic E-state index is 11.0. The Morgan fingerprint density at radius 1 is 1.28 bits per heavy atom. The van der Waals surface area contributed by atoms with Gasteiger partial charge in [0.1, 0.15) is 0 Å². The lowest BCUT2D eigenvalue weighted by atomic mass is 10.0. The lowest BCUT2D eigenvalue weighted by Crippen LogP contribution is -2.30. The zero-order valence-electron chi connectivity index (χ0n) is 11.2. The smallest absolute Gasteiger partial charge is 0.305 e. The molecule has 2 unspecified atom stereocenters. The van der Waals surface area contributed by atoms with E-state index in [0.717, 1.165) is 0 Å². The first kappa shape index (κ1) is 14.9. The lowest BCUT2D eigenvalue weighted by Gasteiger charge is -2.19. The zero-order chi connectivity index (χ0) is 13.7. The minimum atomic E-state index is -0.823. The van der Waals surface area contributed by atoms with Crippen LogP contribution in [-0.4, -0.2) is 44.2 Å². The molecule has 6 heteroatoms. The quantitative estimate of drug-likeness (QED) is 0.683. The van der Waals surface area contributed by atoms with Crippen molar-refractivity contribution in [2.75, 3.05) is 13.7 Å². The van der Waals surface area contributed by atoms with Crippen LogP contribution in [0.4, 0.5) is 0 Å². The Bertz CT molecular complexity index is 279. The number of ether oxygens (including phenoxy) is 4. The molecule has 0 amide bonds. The first-order valence-electron chi connectivity index (χ1n) is 5.92. The van der Waals surface area contributed by atoms with Crippen molar-refractivity contribution >= 4 is 11.9 Å². The fourth-order valence-corrected chi connectivity index (χ4v) is 1.98. The van der Waals surface area contributed by atoms with Crippen LogP contribution in [0.25, 0.3) is 0 Å². The monoisotopic (exact) mass is 260 g/mol. The van der Waals surface area contributed by atoms with Crippen molar-refractivity contribution in [1.82, 2.24) is 0 Å². The van der Waals surface area contributed by atoms with E-state index in [4.69, 9.17) is 18.9 Å². The molecule has 1 saturated heterocycles. The summed E-state index contributed by atoms with van der Waals surface area (Å²) >= 11 is 0. The summed E-state index contributed by atoms with van der Waals surface area (Å²) in [5.74, 6) is -0.744. The molecule has 1 fully saturated rings. The molecule has 0 bridgehead atoms. The molecular formula is C12H20O6. The van der Waals surface area contributed by atoms with Gasteiger partial charge in [0.2, 0.25) is 6.29 Å². The van der Waals surface area contributed by atoms with E-state index in [1.54, 1.807) is 7.11 Å². The van der Waals surface area contributed by atoms with Crippen LogP contribution in [0, 0.1) is 5.92 Å². The lowest BCUT2D eigenvalue weighted by molar-refractivity contribution is -0.196. The van der Waals surface area contributed by atoms with Crippen LogP contribution in [0.3, 0.4) is 0 Å². The molecule has 4 atom stereocenters. The number of rotatable bonds is 5. The summed E-state index contributed by atoms with van der Waals surface area (Å²) in [6.07, 6.45) is -1.02. The van der Waals surface area contributed by atoms with E-state index in [2.05, 4.69) is 0 Å². The van der Waals surface area contributed by atoms with Gasteiger partial charge in [-0.15, -0.1) is 0 Å². The van der Waals surface area contributed by atoms with Crippen molar-refractivity contribution in [3.05, 3.63) is 0 Å². The van der Waals surface area contributed by atoms with Crippen LogP contribution in [0.1, 0.15) is 27.2 Å². The molecule has 0 spiro atoms. The SMILES string of the molecule is COCC(C)[C@@H]1C[C@@H](OC(C)=O)C(OC(C)=O)O1. The summed E-state index contributed by atoms with van der Waals surface area (Å²) in [5.41, 5.74) is 0. The number of carbonyl (C=O) groups excluding carboxylic acids is 2. The first-order valence-corrected chi connectivity index (χ1v) is 5.92. The fourth-order valence-electron chi connectivity index (χ4n) is 1.98. The molecule has 0 aromatic heterocycles. The summed E-state index contributed by atoms with van der Waals surface area (Å²) in [6, 6.07) is 0. The van der Waals surface area contributed by atoms with E-state index >= 15 is 0 Å². The molecule has 0 radical (unpaired) electrons. The summed E-state index contributed by atoms with van der Waals surface area (Å²) in [4.78, 5) is 22.0. The Morgan fingerprint density at radius 2 is 1.89 bits per heavy atom. The summed E-state index contributed by atoms with van der Waals surface area (Å²) in [6.45, 7) is 5.11. The molecule has 1 rings (SSSR count). The van der Waals surface area contributed by atoms with Crippen LogP contribution < -0.4 is 0 Å². The largest absolute Gasteiger partial charge is 0.456 e. The predicted octanol–water partition coefficient (Wildman–Crippen LogP) is 0.879. The van der Waals surface area contributed by atoms with Gasteiger partial charge in [0.15, 0.2) is 6.10 Å². The number of carbonyl (C=O) groups is 2. The number of methoxy groups -OCH3 is 1. The summed E-state index contributed by atoms with van der Waals surface area (Å²) in [7, 11) is 1.61. The third-order valence-corrected chi connectivity index (χ3v) is 2.74. The van der Waals surface area contributed by atoms with Crippen LogP contribution >= 0.6 is 0 Å². The molecule has 6 nitrogen and oxygen atoms in total. The van der Waals surface area contributed by atoms with Gasteiger partial charge in [-0.2, -0.15) is 0 Å². The highest BCUT2D eigenvalue weighted by Gasteiger charge is 2.41. The van der Waals surface area contributed by atoms with Crippen LogP contribution in [0.5, 0.6) is 0 Å². The molecular weight excluding hydrogens is 240 g/mol. The van der Waals surface area contributed by atoms with Crippen molar-refractivity contribution in [2.24, 2.45) is 5.92 Å². The second-order valence-corrected chi connectivity index (χ2v) is 4.47. The topological polar surface area (TPSA) is 71.1 Å². The standard InChI is InChI=1S/C12H20O6/c1-7(6-15-4)10-5-11(16-8(2)13)12(18-10)17-9(3)14/h7,10-12H,5-6H2,1-4H3/t7?,10-,11+,12?/m0/s1. The molecule has 104 valence electrons. The van der Waals surface area contributed by atoms with Gasteiger partial charge < -0.3 is 18.9 Å². The zero-order valence-corrected chi connectivity index (χ0v) is 11.2. The van der Waals surface area contributed by atoms with Gasteiger partial charge in [-0.3, -0.25) is 9.59 Å². The fraction of sp³-hybridized carbons (Fsp3) is 0.833. The van der Waals surface area contributed by atoms with Gasteiger partial charge in [0.25, 0.3) is 0 Å². The average molecular weight is 260 g/mol. The average Bonchev–Trinajstić information content (AvgIpc) is 2.60. The molecule has 1 aliphatic heterocycles. The molecule has 0 N–H and O–H groups in total. The minimum absolute atomic E-state index is 0.133. The Kier molecular flexibility index (Phi) is 5.55. The van der Waals surface area contributed by atoms with Gasteiger partial charge in [-0.25, -0.2) is 0 Å². The van der Waals surface area contributed by atoms with E-state index in [0.29, 0.717) is 13.0 Å². The molecule has 0 aromatic rings. The Labute approximate surface area is 107 Å². The molecule has 1 heterocycles. The number of hydrogen-bond acceptors (Lipinski definition) is 6.